The van der Waals surface area contributed by atoms with E-state index in [1.54, 1.807) is 12.1 Å². The van der Waals surface area contributed by atoms with E-state index in [-0.39, 0.29) is 12.2 Å². The van der Waals surface area contributed by atoms with Gasteiger partial charge in [0.1, 0.15) is 5.75 Å². The van der Waals surface area contributed by atoms with Crippen molar-refractivity contribution in [1.29, 1.82) is 5.26 Å². The van der Waals surface area contributed by atoms with Crippen LogP contribution in [0.4, 0.5) is 0 Å². The predicted molar refractivity (Wildman–Crippen MR) is 60.7 cm³/mol. The van der Waals surface area contributed by atoms with Gasteiger partial charge in [-0.15, -0.1) is 0 Å². The first-order valence-electron chi connectivity index (χ1n) is 3.86. The molecule has 0 saturated heterocycles. The van der Waals surface area contributed by atoms with E-state index in [1.165, 1.54) is 0 Å². The molecule has 0 aliphatic heterocycles. The molecule has 3 N–H and O–H groups in total. The van der Waals surface area contributed by atoms with Crippen LogP contribution in [0.15, 0.2) is 21.1 Å². The summed E-state index contributed by atoms with van der Waals surface area (Å²) in [4.78, 5) is 0. The summed E-state index contributed by atoms with van der Waals surface area (Å²) in [5.74, 6) is 0.0935. The maximum absolute atomic E-state index is 9.66. The van der Waals surface area contributed by atoms with Crippen LogP contribution in [0.3, 0.4) is 0 Å². The van der Waals surface area contributed by atoms with Crippen LogP contribution in [-0.4, -0.2) is 5.11 Å². The van der Waals surface area contributed by atoms with Crippen molar-refractivity contribution in [2.24, 2.45) is 5.73 Å². The Hall–Kier alpha value is -0.570. The molecule has 0 amide bonds. The molecule has 0 fully saturated rings. The predicted octanol–water partition coefficient (Wildman–Crippen LogP) is 2.83. The van der Waals surface area contributed by atoms with Gasteiger partial charge in [-0.3, -0.25) is 0 Å². The van der Waals surface area contributed by atoms with Gasteiger partial charge in [-0.2, -0.15) is 5.26 Å². The summed E-state index contributed by atoms with van der Waals surface area (Å²) in [6.45, 7) is 0. The second-order valence-electron chi connectivity index (χ2n) is 2.79. The Bertz CT molecular complexity index is 387. The SMILES string of the molecule is N#CC[C@H](N)c1cc(Br)cc(Br)c1O. The monoisotopic (exact) mass is 318 g/mol. The Kier molecular flexibility index (Phi) is 3.93. The smallest absolute Gasteiger partial charge is 0.134 e. The lowest BCUT2D eigenvalue weighted by atomic mass is 10.0. The van der Waals surface area contributed by atoms with Crippen molar-refractivity contribution in [2.45, 2.75) is 12.5 Å². The van der Waals surface area contributed by atoms with Crippen LogP contribution in [0.2, 0.25) is 0 Å². The highest BCUT2D eigenvalue weighted by atomic mass is 79.9. The van der Waals surface area contributed by atoms with Crippen LogP contribution in [0.1, 0.15) is 18.0 Å². The molecular formula is C9H8Br2N2O. The van der Waals surface area contributed by atoms with Crippen molar-refractivity contribution >= 4 is 31.9 Å². The number of phenolic OH excluding ortho intramolecular Hbond substituents is 1. The highest BCUT2D eigenvalue weighted by Gasteiger charge is 2.13. The van der Waals surface area contributed by atoms with E-state index < -0.39 is 6.04 Å². The zero-order valence-corrected chi connectivity index (χ0v) is 10.3. The molecule has 0 spiro atoms. The fourth-order valence-corrected chi connectivity index (χ4v) is 2.34. The number of rotatable bonds is 2. The summed E-state index contributed by atoms with van der Waals surface area (Å²) < 4.78 is 1.38. The number of benzene rings is 1. The van der Waals surface area contributed by atoms with Crippen molar-refractivity contribution in [1.82, 2.24) is 0 Å². The van der Waals surface area contributed by atoms with Crippen molar-refractivity contribution in [3.05, 3.63) is 26.6 Å². The Balaban J connectivity index is 3.14. The summed E-state index contributed by atoms with van der Waals surface area (Å²) in [5.41, 5.74) is 6.28. The number of phenols is 1. The van der Waals surface area contributed by atoms with Crippen LogP contribution < -0.4 is 5.73 Å². The quantitative estimate of drug-likeness (QED) is 0.880. The standard InChI is InChI=1S/C9H8Br2N2O/c10-5-3-6(8(13)1-2-12)9(14)7(11)4-5/h3-4,8,14H,1,13H2/t8-/m0/s1. The maximum atomic E-state index is 9.66. The molecule has 0 bridgehead atoms. The maximum Gasteiger partial charge on any atom is 0.134 e. The molecule has 0 heterocycles. The third-order valence-corrected chi connectivity index (χ3v) is 2.83. The minimum atomic E-state index is -0.464. The van der Waals surface area contributed by atoms with E-state index in [0.717, 1.165) is 4.47 Å². The van der Waals surface area contributed by atoms with E-state index in [2.05, 4.69) is 31.9 Å². The molecule has 3 nitrogen and oxygen atoms in total. The van der Waals surface area contributed by atoms with Crippen molar-refractivity contribution in [3.8, 4) is 11.8 Å². The molecule has 14 heavy (non-hydrogen) atoms. The zero-order chi connectivity index (χ0) is 10.7. The average molecular weight is 320 g/mol. The van der Waals surface area contributed by atoms with Gasteiger partial charge < -0.3 is 10.8 Å². The summed E-state index contributed by atoms with van der Waals surface area (Å²) in [6.07, 6.45) is 0.177. The van der Waals surface area contributed by atoms with Gasteiger partial charge in [-0.25, -0.2) is 0 Å². The fourth-order valence-electron chi connectivity index (χ4n) is 1.08. The summed E-state index contributed by atoms with van der Waals surface area (Å²) in [6, 6.07) is 4.93. The van der Waals surface area contributed by atoms with Gasteiger partial charge in [-0.05, 0) is 28.1 Å². The minimum absolute atomic E-state index is 0.0935. The lowest BCUT2D eigenvalue weighted by Gasteiger charge is -2.11. The molecule has 1 aromatic rings. The number of aromatic hydroxyl groups is 1. The summed E-state index contributed by atoms with van der Waals surface area (Å²) in [5, 5.41) is 18.2. The Labute approximate surface area is 98.8 Å². The van der Waals surface area contributed by atoms with Crippen LogP contribution >= 0.6 is 31.9 Å². The van der Waals surface area contributed by atoms with Gasteiger partial charge in [0.05, 0.1) is 17.0 Å². The number of hydrogen-bond donors (Lipinski definition) is 2. The van der Waals surface area contributed by atoms with Gasteiger partial charge in [0, 0.05) is 16.1 Å². The Morgan fingerprint density at radius 1 is 1.50 bits per heavy atom. The molecule has 5 heteroatoms. The molecule has 74 valence electrons. The first kappa shape index (κ1) is 11.5. The molecule has 0 radical (unpaired) electrons. The molecule has 1 aromatic carbocycles. The number of halogens is 2. The lowest BCUT2D eigenvalue weighted by molar-refractivity contribution is 0.458. The topological polar surface area (TPSA) is 70.0 Å². The van der Waals surface area contributed by atoms with Gasteiger partial charge in [0.15, 0.2) is 0 Å². The summed E-state index contributed by atoms with van der Waals surface area (Å²) in [7, 11) is 0. The van der Waals surface area contributed by atoms with Crippen LogP contribution in [0.25, 0.3) is 0 Å². The molecule has 0 saturated carbocycles. The Morgan fingerprint density at radius 2 is 2.14 bits per heavy atom. The molecule has 0 aromatic heterocycles. The largest absolute Gasteiger partial charge is 0.506 e. The van der Waals surface area contributed by atoms with E-state index in [0.29, 0.717) is 10.0 Å². The number of nitrogens with two attached hydrogens (primary N) is 1. The van der Waals surface area contributed by atoms with Gasteiger partial charge in [0.2, 0.25) is 0 Å². The third-order valence-electron chi connectivity index (χ3n) is 1.77. The van der Waals surface area contributed by atoms with E-state index >= 15 is 0 Å². The second kappa shape index (κ2) is 4.78. The van der Waals surface area contributed by atoms with E-state index in [4.69, 9.17) is 11.0 Å². The highest BCUT2D eigenvalue weighted by molar-refractivity contribution is 9.11. The van der Waals surface area contributed by atoms with Crippen LogP contribution in [0, 0.1) is 11.3 Å². The average Bonchev–Trinajstić information content (AvgIpc) is 2.11. The third kappa shape index (κ3) is 2.47. The highest BCUT2D eigenvalue weighted by Crippen LogP contribution is 2.35. The molecule has 1 atom stereocenters. The summed E-state index contributed by atoms with van der Waals surface area (Å²) >= 11 is 6.48. The number of hydrogen-bond acceptors (Lipinski definition) is 3. The minimum Gasteiger partial charge on any atom is -0.506 e. The normalized spacial score (nSPS) is 12.1. The zero-order valence-electron chi connectivity index (χ0n) is 7.17. The molecule has 0 aliphatic rings. The fraction of sp³-hybridized carbons (Fsp3) is 0.222. The van der Waals surface area contributed by atoms with E-state index in [1.807, 2.05) is 6.07 Å². The van der Waals surface area contributed by atoms with Crippen molar-refractivity contribution < 1.29 is 5.11 Å². The molecule has 0 unspecified atom stereocenters. The van der Waals surface area contributed by atoms with Crippen LogP contribution in [0.5, 0.6) is 5.75 Å². The van der Waals surface area contributed by atoms with Gasteiger partial charge in [0.25, 0.3) is 0 Å². The Morgan fingerprint density at radius 3 is 2.71 bits per heavy atom. The first-order valence-corrected chi connectivity index (χ1v) is 5.45. The lowest BCUT2D eigenvalue weighted by Crippen LogP contribution is -2.09. The van der Waals surface area contributed by atoms with Crippen molar-refractivity contribution in [2.75, 3.05) is 0 Å². The number of nitrogens with zero attached hydrogens (tertiary/aromatic N) is 1. The second-order valence-corrected chi connectivity index (χ2v) is 4.56. The van der Waals surface area contributed by atoms with Crippen LogP contribution in [-0.2, 0) is 0 Å². The van der Waals surface area contributed by atoms with Crippen molar-refractivity contribution in [3.63, 3.8) is 0 Å². The first-order chi connectivity index (χ1) is 6.56. The van der Waals surface area contributed by atoms with E-state index in [9.17, 15) is 5.11 Å². The number of nitriles is 1. The van der Waals surface area contributed by atoms with Gasteiger partial charge in [-0.1, -0.05) is 15.9 Å². The molecule has 0 aliphatic carbocycles. The van der Waals surface area contributed by atoms with Gasteiger partial charge >= 0.3 is 0 Å². The molecular weight excluding hydrogens is 312 g/mol. The molecule has 1 rings (SSSR count).